The number of ether oxygens (including phenoxy) is 1. The zero-order valence-electron chi connectivity index (χ0n) is 10.0. The number of hydrogen-bond acceptors (Lipinski definition) is 3. The van der Waals surface area contributed by atoms with E-state index < -0.39 is 24.1 Å². The highest BCUT2D eigenvalue weighted by Gasteiger charge is 2.62. The Morgan fingerprint density at radius 3 is 2.28 bits per heavy atom. The second kappa shape index (κ2) is 4.97. The van der Waals surface area contributed by atoms with E-state index in [2.05, 4.69) is 4.74 Å². The number of benzene rings is 1. The second-order valence-electron chi connectivity index (χ2n) is 3.91. The molecule has 0 aromatic heterocycles. The first-order valence-corrected chi connectivity index (χ1v) is 5.22. The maximum Gasteiger partial charge on any atom is 0.410 e. The number of aryl methyl sites for hydroxylation is 1. The van der Waals surface area contributed by atoms with Gasteiger partial charge in [-0.3, -0.25) is 4.79 Å². The zero-order valence-corrected chi connectivity index (χ0v) is 10.0. The molecule has 0 amide bonds. The van der Waals surface area contributed by atoms with Crippen LogP contribution in [0.2, 0.25) is 0 Å². The first-order chi connectivity index (χ1) is 8.31. The molecule has 0 radical (unpaired) electrons. The summed E-state index contributed by atoms with van der Waals surface area (Å²) >= 11 is 0. The molecule has 0 heterocycles. The number of carbonyl (C=O) groups excluding carboxylic acids is 1. The Morgan fingerprint density at radius 1 is 1.33 bits per heavy atom. The quantitative estimate of drug-likeness (QED) is 0.846. The van der Waals surface area contributed by atoms with Crippen molar-refractivity contribution < 1.29 is 22.7 Å². The van der Waals surface area contributed by atoms with Crippen molar-refractivity contribution in [2.24, 2.45) is 5.73 Å². The Labute approximate surface area is 103 Å². The van der Waals surface area contributed by atoms with Crippen LogP contribution in [0, 0.1) is 6.92 Å². The molecule has 0 aliphatic rings. The van der Waals surface area contributed by atoms with Crippen molar-refractivity contribution in [3.8, 4) is 0 Å². The van der Waals surface area contributed by atoms with Crippen LogP contribution in [0.25, 0.3) is 0 Å². The Balaban J connectivity index is 3.56. The highest BCUT2D eigenvalue weighted by molar-refractivity contribution is 5.85. The van der Waals surface area contributed by atoms with Crippen LogP contribution in [-0.2, 0) is 14.9 Å². The third kappa shape index (κ3) is 2.08. The Kier molecular flexibility index (Phi) is 4.01. The third-order valence-corrected chi connectivity index (χ3v) is 2.93. The van der Waals surface area contributed by atoms with Crippen LogP contribution in [0.3, 0.4) is 0 Å². The van der Waals surface area contributed by atoms with Gasteiger partial charge in [-0.15, -0.1) is 0 Å². The van der Waals surface area contributed by atoms with Gasteiger partial charge in [0.2, 0.25) is 0 Å². The summed E-state index contributed by atoms with van der Waals surface area (Å²) in [6.45, 7) is 0.600. The summed E-state index contributed by atoms with van der Waals surface area (Å²) in [6, 6.07) is 5.76. The average molecular weight is 261 g/mol. The molecule has 18 heavy (non-hydrogen) atoms. The number of methoxy groups -OCH3 is 1. The average Bonchev–Trinajstić information content (AvgIpc) is 2.30. The minimum atomic E-state index is -4.82. The van der Waals surface area contributed by atoms with Gasteiger partial charge in [-0.2, -0.15) is 13.2 Å². The van der Waals surface area contributed by atoms with Crippen LogP contribution in [0.5, 0.6) is 0 Å². The van der Waals surface area contributed by atoms with Gasteiger partial charge in [0.1, 0.15) is 0 Å². The maximum atomic E-state index is 13.3. The van der Waals surface area contributed by atoms with Crippen LogP contribution in [0.4, 0.5) is 13.2 Å². The summed E-state index contributed by atoms with van der Waals surface area (Å²) in [5.41, 5.74) is 2.60. The fourth-order valence-corrected chi connectivity index (χ4v) is 1.91. The Bertz CT molecular complexity index is 445. The zero-order chi connectivity index (χ0) is 14.0. The lowest BCUT2D eigenvalue weighted by Gasteiger charge is -2.33. The van der Waals surface area contributed by atoms with Gasteiger partial charge in [-0.05, 0) is 18.1 Å². The molecule has 2 N–H and O–H groups in total. The molecule has 3 nitrogen and oxygen atoms in total. The molecule has 0 saturated carbocycles. The van der Waals surface area contributed by atoms with Crippen molar-refractivity contribution >= 4 is 5.97 Å². The van der Waals surface area contributed by atoms with Crippen molar-refractivity contribution in [1.29, 1.82) is 0 Å². The number of carbonyl (C=O) groups is 1. The highest BCUT2D eigenvalue weighted by atomic mass is 19.4. The molecule has 1 atom stereocenters. The SMILES string of the molecule is COC(=O)C(CN)(c1ccccc1C)C(F)(F)F. The molecule has 0 saturated heterocycles. The molecule has 1 aromatic rings. The number of rotatable bonds is 3. The van der Waals surface area contributed by atoms with Crippen LogP contribution >= 0.6 is 0 Å². The minimum Gasteiger partial charge on any atom is -0.468 e. The highest BCUT2D eigenvalue weighted by Crippen LogP contribution is 2.42. The monoisotopic (exact) mass is 261 g/mol. The molecule has 0 aliphatic carbocycles. The number of nitrogens with two attached hydrogens (primary N) is 1. The van der Waals surface area contributed by atoms with E-state index in [0.717, 1.165) is 7.11 Å². The maximum absolute atomic E-state index is 13.3. The summed E-state index contributed by atoms with van der Waals surface area (Å²) in [7, 11) is 0.913. The summed E-state index contributed by atoms with van der Waals surface area (Å²) in [5.74, 6) is -1.40. The molecular formula is C12H14F3NO2. The van der Waals surface area contributed by atoms with Gasteiger partial charge < -0.3 is 10.5 Å². The predicted octanol–water partition coefficient (Wildman–Crippen LogP) is 1.93. The largest absolute Gasteiger partial charge is 0.468 e. The number of hydrogen-bond donors (Lipinski definition) is 1. The smallest absolute Gasteiger partial charge is 0.410 e. The van der Waals surface area contributed by atoms with Crippen LogP contribution in [0.1, 0.15) is 11.1 Å². The van der Waals surface area contributed by atoms with E-state index in [1.165, 1.54) is 25.1 Å². The van der Waals surface area contributed by atoms with Crippen molar-refractivity contribution in [1.82, 2.24) is 0 Å². The van der Waals surface area contributed by atoms with Crippen molar-refractivity contribution in [2.75, 3.05) is 13.7 Å². The standard InChI is InChI=1S/C12H14F3NO2/c1-8-5-3-4-6-9(8)11(7-16,10(17)18-2)12(13,14)15/h3-6H,7,16H2,1-2H3. The van der Waals surface area contributed by atoms with Gasteiger partial charge in [-0.25, -0.2) is 0 Å². The summed E-state index contributed by atoms with van der Waals surface area (Å²) in [5, 5.41) is 0. The van der Waals surface area contributed by atoms with Crippen molar-refractivity contribution in [3.63, 3.8) is 0 Å². The molecular weight excluding hydrogens is 247 g/mol. The van der Waals surface area contributed by atoms with Crippen LogP contribution in [-0.4, -0.2) is 25.8 Å². The van der Waals surface area contributed by atoms with Gasteiger partial charge in [0, 0.05) is 6.54 Å². The molecule has 1 unspecified atom stereocenters. The molecule has 100 valence electrons. The van der Waals surface area contributed by atoms with Gasteiger partial charge in [0.15, 0.2) is 5.41 Å². The molecule has 0 bridgehead atoms. The summed E-state index contributed by atoms with van der Waals surface area (Å²) < 4.78 is 44.2. The van der Waals surface area contributed by atoms with Crippen LogP contribution < -0.4 is 5.73 Å². The molecule has 0 aliphatic heterocycles. The number of esters is 1. The van der Waals surface area contributed by atoms with Crippen molar-refractivity contribution in [3.05, 3.63) is 35.4 Å². The number of halogens is 3. The lowest BCUT2D eigenvalue weighted by molar-refractivity contribution is -0.205. The van der Waals surface area contributed by atoms with E-state index in [9.17, 15) is 18.0 Å². The van der Waals surface area contributed by atoms with E-state index >= 15 is 0 Å². The topological polar surface area (TPSA) is 52.3 Å². The summed E-state index contributed by atoms with van der Waals surface area (Å²) in [4.78, 5) is 11.6. The third-order valence-electron chi connectivity index (χ3n) is 2.93. The Morgan fingerprint density at radius 2 is 1.89 bits per heavy atom. The van der Waals surface area contributed by atoms with Crippen molar-refractivity contribution in [2.45, 2.75) is 18.5 Å². The lowest BCUT2D eigenvalue weighted by atomic mass is 9.77. The van der Waals surface area contributed by atoms with E-state index in [4.69, 9.17) is 5.73 Å². The summed E-state index contributed by atoms with van der Waals surface area (Å²) in [6.07, 6.45) is -4.82. The second-order valence-corrected chi connectivity index (χ2v) is 3.91. The first-order valence-electron chi connectivity index (χ1n) is 5.22. The molecule has 1 aromatic carbocycles. The predicted molar refractivity (Wildman–Crippen MR) is 60.0 cm³/mol. The minimum absolute atomic E-state index is 0.174. The van der Waals surface area contributed by atoms with E-state index in [0.29, 0.717) is 5.56 Å². The fourth-order valence-electron chi connectivity index (χ4n) is 1.91. The fraction of sp³-hybridized carbons (Fsp3) is 0.417. The van der Waals surface area contributed by atoms with Gasteiger partial charge >= 0.3 is 12.1 Å². The van der Waals surface area contributed by atoms with E-state index in [-0.39, 0.29) is 5.56 Å². The molecule has 6 heteroatoms. The van der Waals surface area contributed by atoms with Crippen LogP contribution in [0.15, 0.2) is 24.3 Å². The number of alkyl halides is 3. The molecule has 0 spiro atoms. The van der Waals surface area contributed by atoms with Gasteiger partial charge in [-0.1, -0.05) is 24.3 Å². The van der Waals surface area contributed by atoms with E-state index in [1.807, 2.05) is 0 Å². The van der Waals surface area contributed by atoms with E-state index in [1.54, 1.807) is 6.07 Å². The Hall–Kier alpha value is -1.56. The molecule has 0 fully saturated rings. The van der Waals surface area contributed by atoms with Gasteiger partial charge in [0.25, 0.3) is 0 Å². The normalized spacial score (nSPS) is 15.0. The van der Waals surface area contributed by atoms with Gasteiger partial charge in [0.05, 0.1) is 7.11 Å². The molecule has 1 rings (SSSR count). The lowest BCUT2D eigenvalue weighted by Crippen LogP contribution is -2.55. The first kappa shape index (κ1) is 14.5.